The Morgan fingerprint density at radius 2 is 2.21 bits per heavy atom. The van der Waals surface area contributed by atoms with Crippen LogP contribution in [0.2, 0.25) is 5.02 Å². The molecule has 0 saturated heterocycles. The summed E-state index contributed by atoms with van der Waals surface area (Å²) in [5.41, 5.74) is 2.20. The van der Waals surface area contributed by atoms with E-state index in [1.54, 1.807) is 0 Å². The lowest BCUT2D eigenvalue weighted by Gasteiger charge is -1.95. The minimum atomic E-state index is 0.775. The van der Waals surface area contributed by atoms with Crippen LogP contribution in [0.3, 0.4) is 0 Å². The molecule has 2 heteroatoms. The summed E-state index contributed by atoms with van der Waals surface area (Å²) in [7, 11) is 0. The third kappa shape index (κ3) is 1.78. The molecule has 1 aromatic heterocycles. The normalized spacial score (nSPS) is 11.0. The van der Waals surface area contributed by atoms with E-state index in [1.807, 2.05) is 24.5 Å². The highest BCUT2D eigenvalue weighted by Crippen LogP contribution is 2.25. The van der Waals surface area contributed by atoms with E-state index in [2.05, 4.69) is 6.92 Å². The number of unbranched alkanes of at least 4 members (excludes halogenated alkanes) is 1. The Balaban J connectivity index is 2.40. The van der Waals surface area contributed by atoms with Crippen LogP contribution < -0.4 is 0 Å². The van der Waals surface area contributed by atoms with Gasteiger partial charge in [-0.3, -0.25) is 0 Å². The van der Waals surface area contributed by atoms with Crippen LogP contribution in [0.5, 0.6) is 0 Å². The number of halogens is 1. The first kappa shape index (κ1) is 9.60. The number of benzene rings is 1. The van der Waals surface area contributed by atoms with Crippen molar-refractivity contribution in [3.05, 3.63) is 35.0 Å². The molecule has 74 valence electrons. The molecule has 1 heterocycles. The van der Waals surface area contributed by atoms with Crippen molar-refractivity contribution in [3.63, 3.8) is 0 Å². The van der Waals surface area contributed by atoms with Gasteiger partial charge < -0.3 is 4.42 Å². The van der Waals surface area contributed by atoms with Gasteiger partial charge in [0.15, 0.2) is 0 Å². The topological polar surface area (TPSA) is 13.1 Å². The van der Waals surface area contributed by atoms with Crippen molar-refractivity contribution in [2.75, 3.05) is 0 Å². The smallest absolute Gasteiger partial charge is 0.134 e. The second kappa shape index (κ2) is 4.05. The van der Waals surface area contributed by atoms with Crippen LogP contribution in [0.15, 0.2) is 28.9 Å². The van der Waals surface area contributed by atoms with Gasteiger partial charge in [0.2, 0.25) is 0 Å². The number of hydrogen-bond acceptors (Lipinski definition) is 1. The number of furan rings is 1. The molecule has 1 nitrogen and oxygen atoms in total. The third-order valence-corrected chi connectivity index (χ3v) is 2.65. The summed E-state index contributed by atoms with van der Waals surface area (Å²) in [4.78, 5) is 0. The predicted octanol–water partition coefficient (Wildman–Crippen LogP) is 4.43. The zero-order valence-electron chi connectivity index (χ0n) is 8.22. The molecule has 0 bridgehead atoms. The van der Waals surface area contributed by atoms with E-state index in [0.717, 1.165) is 22.4 Å². The van der Waals surface area contributed by atoms with E-state index in [0.29, 0.717) is 0 Å². The molecule has 0 spiro atoms. The van der Waals surface area contributed by atoms with Gasteiger partial charge in [0, 0.05) is 10.4 Å². The Morgan fingerprint density at radius 1 is 1.36 bits per heavy atom. The summed E-state index contributed by atoms with van der Waals surface area (Å²) in [6.07, 6.45) is 5.31. The minimum Gasteiger partial charge on any atom is -0.464 e. The quantitative estimate of drug-likeness (QED) is 0.728. The average Bonchev–Trinajstić information content (AvgIpc) is 2.57. The Kier molecular flexibility index (Phi) is 2.78. The summed E-state index contributed by atoms with van der Waals surface area (Å²) in [5, 5.41) is 1.93. The van der Waals surface area contributed by atoms with E-state index < -0.39 is 0 Å². The van der Waals surface area contributed by atoms with Gasteiger partial charge in [-0.2, -0.15) is 0 Å². The van der Waals surface area contributed by atoms with Gasteiger partial charge in [0.1, 0.15) is 5.58 Å². The summed E-state index contributed by atoms with van der Waals surface area (Å²) < 4.78 is 5.44. The van der Waals surface area contributed by atoms with E-state index in [9.17, 15) is 0 Å². The lowest BCUT2D eigenvalue weighted by Crippen LogP contribution is -1.81. The Bertz CT molecular complexity index is 431. The molecule has 0 radical (unpaired) electrons. The van der Waals surface area contributed by atoms with Crippen molar-refractivity contribution in [2.45, 2.75) is 26.2 Å². The van der Waals surface area contributed by atoms with Crippen LogP contribution in [-0.2, 0) is 6.42 Å². The second-order valence-corrected chi connectivity index (χ2v) is 3.94. The van der Waals surface area contributed by atoms with Crippen molar-refractivity contribution in [1.29, 1.82) is 0 Å². The standard InChI is InChI=1S/C12H13ClO/c1-2-3-4-9-8-14-12-6-5-10(13)7-11(9)12/h5-8H,2-4H2,1H3. The summed E-state index contributed by atoms with van der Waals surface area (Å²) >= 11 is 5.94. The molecule has 14 heavy (non-hydrogen) atoms. The van der Waals surface area contributed by atoms with Crippen molar-refractivity contribution in [1.82, 2.24) is 0 Å². The fraction of sp³-hybridized carbons (Fsp3) is 0.333. The molecule has 0 aliphatic rings. The second-order valence-electron chi connectivity index (χ2n) is 3.50. The summed E-state index contributed by atoms with van der Waals surface area (Å²) in [5.74, 6) is 0. The molecule has 0 saturated carbocycles. The Labute approximate surface area is 88.7 Å². The fourth-order valence-electron chi connectivity index (χ4n) is 1.61. The number of rotatable bonds is 3. The maximum Gasteiger partial charge on any atom is 0.134 e. The molecular formula is C12H13ClO. The zero-order chi connectivity index (χ0) is 9.97. The van der Waals surface area contributed by atoms with Crippen LogP contribution >= 0.6 is 11.6 Å². The van der Waals surface area contributed by atoms with Gasteiger partial charge in [-0.25, -0.2) is 0 Å². The lowest BCUT2D eigenvalue weighted by molar-refractivity contribution is 0.608. The van der Waals surface area contributed by atoms with Crippen LogP contribution in [0.1, 0.15) is 25.3 Å². The van der Waals surface area contributed by atoms with Gasteiger partial charge in [-0.1, -0.05) is 24.9 Å². The minimum absolute atomic E-state index is 0.775. The van der Waals surface area contributed by atoms with Gasteiger partial charge in [0.25, 0.3) is 0 Å². The van der Waals surface area contributed by atoms with E-state index in [1.165, 1.54) is 18.4 Å². The zero-order valence-corrected chi connectivity index (χ0v) is 8.97. The SMILES string of the molecule is CCCCc1coc2ccc(Cl)cc12. The molecule has 0 aliphatic heterocycles. The maximum atomic E-state index is 5.94. The highest BCUT2D eigenvalue weighted by molar-refractivity contribution is 6.31. The Hall–Kier alpha value is -0.950. The van der Waals surface area contributed by atoms with E-state index >= 15 is 0 Å². The van der Waals surface area contributed by atoms with Crippen molar-refractivity contribution < 1.29 is 4.42 Å². The van der Waals surface area contributed by atoms with Crippen LogP contribution in [0, 0.1) is 0 Å². The van der Waals surface area contributed by atoms with Gasteiger partial charge in [0.05, 0.1) is 6.26 Å². The van der Waals surface area contributed by atoms with Gasteiger partial charge >= 0.3 is 0 Å². The van der Waals surface area contributed by atoms with E-state index in [4.69, 9.17) is 16.0 Å². The third-order valence-electron chi connectivity index (χ3n) is 2.42. The monoisotopic (exact) mass is 208 g/mol. The fourth-order valence-corrected chi connectivity index (χ4v) is 1.79. The molecule has 0 N–H and O–H groups in total. The first-order chi connectivity index (χ1) is 6.81. The van der Waals surface area contributed by atoms with Gasteiger partial charge in [-0.15, -0.1) is 0 Å². The molecule has 0 fully saturated rings. The highest BCUT2D eigenvalue weighted by atomic mass is 35.5. The van der Waals surface area contributed by atoms with Crippen molar-refractivity contribution >= 4 is 22.6 Å². The average molecular weight is 209 g/mol. The largest absolute Gasteiger partial charge is 0.464 e. The first-order valence-corrected chi connectivity index (χ1v) is 5.34. The number of fused-ring (bicyclic) bond motifs is 1. The predicted molar refractivity (Wildman–Crippen MR) is 59.8 cm³/mol. The van der Waals surface area contributed by atoms with Crippen molar-refractivity contribution in [2.24, 2.45) is 0 Å². The molecule has 2 rings (SSSR count). The van der Waals surface area contributed by atoms with Gasteiger partial charge in [-0.05, 0) is 36.6 Å². The van der Waals surface area contributed by atoms with E-state index in [-0.39, 0.29) is 0 Å². The maximum absolute atomic E-state index is 5.94. The molecule has 0 aliphatic carbocycles. The Morgan fingerprint density at radius 3 is 3.00 bits per heavy atom. The van der Waals surface area contributed by atoms with Crippen LogP contribution in [-0.4, -0.2) is 0 Å². The molecule has 0 amide bonds. The molecule has 1 aromatic carbocycles. The number of hydrogen-bond donors (Lipinski definition) is 0. The lowest BCUT2D eigenvalue weighted by atomic mass is 10.1. The highest BCUT2D eigenvalue weighted by Gasteiger charge is 2.05. The molecular weight excluding hydrogens is 196 g/mol. The summed E-state index contributed by atoms with van der Waals surface area (Å²) in [6.45, 7) is 2.19. The van der Waals surface area contributed by atoms with Crippen LogP contribution in [0.4, 0.5) is 0 Å². The summed E-state index contributed by atoms with van der Waals surface area (Å²) in [6, 6.07) is 5.76. The van der Waals surface area contributed by atoms with Crippen molar-refractivity contribution in [3.8, 4) is 0 Å². The van der Waals surface area contributed by atoms with Crippen LogP contribution in [0.25, 0.3) is 11.0 Å². The molecule has 0 atom stereocenters. The first-order valence-electron chi connectivity index (χ1n) is 4.97. The number of aryl methyl sites for hydroxylation is 1. The molecule has 2 aromatic rings. The molecule has 0 unspecified atom stereocenters.